The van der Waals surface area contributed by atoms with Crippen molar-refractivity contribution in [2.45, 2.75) is 23.3 Å². The number of thioether (sulfide) groups is 1. The fourth-order valence-corrected chi connectivity index (χ4v) is 3.03. The van der Waals surface area contributed by atoms with Crippen molar-refractivity contribution < 1.29 is 0 Å². The zero-order valence-electron chi connectivity index (χ0n) is 6.29. The van der Waals surface area contributed by atoms with Crippen LogP contribution in [0.15, 0.2) is 24.3 Å². The van der Waals surface area contributed by atoms with E-state index in [1.807, 2.05) is 0 Å². The van der Waals surface area contributed by atoms with Gasteiger partial charge in [-0.05, 0) is 24.0 Å². The Hall–Kier alpha value is -0.430. The van der Waals surface area contributed by atoms with Crippen LogP contribution in [0.2, 0.25) is 0 Å². The van der Waals surface area contributed by atoms with Gasteiger partial charge >= 0.3 is 0 Å². The minimum atomic E-state index is 0.977. The molecule has 3 rings (SSSR count). The van der Waals surface area contributed by atoms with E-state index in [2.05, 4.69) is 36.0 Å². The molecule has 0 spiro atoms. The smallest absolute Gasteiger partial charge is 0.0213 e. The van der Waals surface area contributed by atoms with Crippen LogP contribution in [0.25, 0.3) is 0 Å². The second-order valence-corrected chi connectivity index (χ2v) is 4.87. The van der Waals surface area contributed by atoms with Crippen molar-refractivity contribution in [1.82, 2.24) is 0 Å². The molecule has 0 aromatic heterocycles. The maximum atomic E-state index is 2.28. The molecule has 0 amide bonds. The van der Waals surface area contributed by atoms with Crippen LogP contribution in [0.1, 0.15) is 11.1 Å². The molecule has 1 saturated heterocycles. The van der Waals surface area contributed by atoms with Crippen molar-refractivity contribution in [1.29, 1.82) is 0 Å². The summed E-state index contributed by atoms with van der Waals surface area (Å²) in [5.74, 6) is 0. The zero-order valence-corrected chi connectivity index (χ0v) is 7.10. The lowest BCUT2D eigenvalue weighted by Crippen LogP contribution is -2.11. The average Bonchev–Trinajstić information content (AvgIpc) is 2.77. The Morgan fingerprint density at radius 2 is 1.55 bits per heavy atom. The molecule has 1 heterocycles. The molecular formula is C10H10S. The molecule has 0 N–H and O–H groups in total. The van der Waals surface area contributed by atoms with Gasteiger partial charge in [0.15, 0.2) is 0 Å². The van der Waals surface area contributed by atoms with Crippen LogP contribution in [-0.2, 0) is 12.8 Å². The van der Waals surface area contributed by atoms with Crippen LogP contribution >= 0.6 is 11.8 Å². The molecule has 11 heavy (non-hydrogen) atoms. The first-order valence-corrected chi connectivity index (χ1v) is 5.10. The number of benzene rings is 1. The van der Waals surface area contributed by atoms with Gasteiger partial charge < -0.3 is 0 Å². The second kappa shape index (κ2) is 2.04. The molecule has 1 aromatic carbocycles. The van der Waals surface area contributed by atoms with Crippen molar-refractivity contribution >= 4 is 11.8 Å². The first-order valence-electron chi connectivity index (χ1n) is 4.16. The largest absolute Gasteiger partial charge is 0.152 e. The molecule has 1 heteroatoms. The fourth-order valence-electron chi connectivity index (χ4n) is 1.93. The van der Waals surface area contributed by atoms with E-state index in [0.717, 1.165) is 10.5 Å². The van der Waals surface area contributed by atoms with Crippen molar-refractivity contribution in [2.75, 3.05) is 0 Å². The monoisotopic (exact) mass is 162 g/mol. The van der Waals surface area contributed by atoms with Crippen LogP contribution in [0.4, 0.5) is 0 Å². The van der Waals surface area contributed by atoms with Crippen molar-refractivity contribution in [2.24, 2.45) is 0 Å². The summed E-state index contributed by atoms with van der Waals surface area (Å²) in [7, 11) is 0. The van der Waals surface area contributed by atoms with Gasteiger partial charge in [-0.3, -0.25) is 0 Å². The summed E-state index contributed by atoms with van der Waals surface area (Å²) < 4.78 is 0. The molecule has 0 bridgehead atoms. The van der Waals surface area contributed by atoms with E-state index >= 15 is 0 Å². The van der Waals surface area contributed by atoms with E-state index in [1.165, 1.54) is 12.8 Å². The predicted octanol–water partition coefficient (Wildman–Crippen LogP) is 2.27. The maximum absolute atomic E-state index is 2.28. The summed E-state index contributed by atoms with van der Waals surface area (Å²) in [6, 6.07) is 8.88. The maximum Gasteiger partial charge on any atom is 0.0213 e. The van der Waals surface area contributed by atoms with Gasteiger partial charge in [0.05, 0.1) is 0 Å². The van der Waals surface area contributed by atoms with Gasteiger partial charge in [-0.25, -0.2) is 0 Å². The average molecular weight is 162 g/mol. The normalized spacial score (nSPS) is 32.4. The van der Waals surface area contributed by atoms with E-state index in [4.69, 9.17) is 0 Å². The first-order chi connectivity index (χ1) is 5.43. The van der Waals surface area contributed by atoms with Gasteiger partial charge in [0.1, 0.15) is 0 Å². The number of rotatable bonds is 0. The molecular weight excluding hydrogens is 152 g/mol. The van der Waals surface area contributed by atoms with Crippen LogP contribution < -0.4 is 0 Å². The highest BCUT2D eigenvalue weighted by atomic mass is 32.2. The molecule has 1 aliphatic carbocycles. The number of hydrogen-bond acceptors (Lipinski definition) is 1. The second-order valence-electron chi connectivity index (χ2n) is 3.39. The van der Waals surface area contributed by atoms with Gasteiger partial charge in [0.2, 0.25) is 0 Å². The molecule has 1 fully saturated rings. The van der Waals surface area contributed by atoms with Gasteiger partial charge in [0.25, 0.3) is 0 Å². The minimum absolute atomic E-state index is 0.977. The van der Waals surface area contributed by atoms with Crippen LogP contribution in [0, 0.1) is 0 Å². The van der Waals surface area contributed by atoms with E-state index in [1.54, 1.807) is 11.1 Å². The third kappa shape index (κ3) is 0.908. The van der Waals surface area contributed by atoms with Gasteiger partial charge in [-0.15, -0.1) is 0 Å². The Labute approximate surface area is 71.0 Å². The zero-order chi connectivity index (χ0) is 7.26. The van der Waals surface area contributed by atoms with Crippen LogP contribution in [0.3, 0.4) is 0 Å². The molecule has 2 aliphatic rings. The third-order valence-electron chi connectivity index (χ3n) is 2.65. The molecule has 0 saturated carbocycles. The first kappa shape index (κ1) is 6.13. The summed E-state index contributed by atoms with van der Waals surface area (Å²) >= 11 is 2.16. The third-order valence-corrected chi connectivity index (χ3v) is 4.02. The van der Waals surface area contributed by atoms with Gasteiger partial charge in [-0.2, -0.15) is 11.8 Å². The van der Waals surface area contributed by atoms with E-state index in [9.17, 15) is 0 Å². The molecule has 2 atom stereocenters. The Bertz CT molecular complexity index is 264. The minimum Gasteiger partial charge on any atom is -0.152 e. The summed E-state index contributed by atoms with van der Waals surface area (Å²) in [5, 5.41) is 1.95. The van der Waals surface area contributed by atoms with Crippen molar-refractivity contribution in [3.63, 3.8) is 0 Å². The standard InChI is InChI=1S/C10H10S/c1-2-4-8-6-10-9(11-10)5-7(8)3-1/h1-4,9-10H,5-6H2. The predicted molar refractivity (Wildman–Crippen MR) is 49.0 cm³/mol. The topological polar surface area (TPSA) is 0 Å². The molecule has 2 unspecified atom stereocenters. The van der Waals surface area contributed by atoms with Gasteiger partial charge in [0, 0.05) is 10.5 Å². The lowest BCUT2D eigenvalue weighted by Gasteiger charge is -2.12. The highest BCUT2D eigenvalue weighted by molar-refractivity contribution is 8.07. The van der Waals surface area contributed by atoms with Crippen LogP contribution in [0.5, 0.6) is 0 Å². The van der Waals surface area contributed by atoms with Crippen molar-refractivity contribution in [3.8, 4) is 0 Å². The van der Waals surface area contributed by atoms with E-state index < -0.39 is 0 Å². The van der Waals surface area contributed by atoms with Crippen molar-refractivity contribution in [3.05, 3.63) is 35.4 Å². The molecule has 1 aliphatic heterocycles. The quantitative estimate of drug-likeness (QED) is 0.527. The summed E-state index contributed by atoms with van der Waals surface area (Å²) in [5.41, 5.74) is 3.19. The highest BCUT2D eigenvalue weighted by Crippen LogP contribution is 2.49. The highest BCUT2D eigenvalue weighted by Gasteiger charge is 2.41. The fraction of sp³-hybridized carbons (Fsp3) is 0.400. The summed E-state index contributed by atoms with van der Waals surface area (Å²) in [6.45, 7) is 0. The number of fused-ring (bicyclic) bond motifs is 2. The number of hydrogen-bond donors (Lipinski definition) is 0. The van der Waals surface area contributed by atoms with Crippen LogP contribution in [-0.4, -0.2) is 10.5 Å². The molecule has 56 valence electrons. The molecule has 0 nitrogen and oxygen atoms in total. The lowest BCUT2D eigenvalue weighted by atomic mass is 9.92. The van der Waals surface area contributed by atoms with E-state index in [-0.39, 0.29) is 0 Å². The Morgan fingerprint density at radius 1 is 1.00 bits per heavy atom. The molecule has 1 aromatic rings. The summed E-state index contributed by atoms with van der Waals surface area (Å²) in [4.78, 5) is 0. The van der Waals surface area contributed by atoms with Gasteiger partial charge in [-0.1, -0.05) is 24.3 Å². The SMILES string of the molecule is c1ccc2c(c1)CC1SC1C2. The summed E-state index contributed by atoms with van der Waals surface area (Å²) in [6.07, 6.45) is 2.65. The molecule has 0 radical (unpaired) electrons. The Balaban J connectivity index is 2.07. The lowest BCUT2D eigenvalue weighted by molar-refractivity contribution is 0.794. The Kier molecular flexibility index (Phi) is 1.14. The van der Waals surface area contributed by atoms with E-state index in [0.29, 0.717) is 0 Å². The Morgan fingerprint density at radius 3 is 2.09 bits per heavy atom.